The first-order chi connectivity index (χ1) is 13.1. The normalized spacial score (nSPS) is 26.1. The Morgan fingerprint density at radius 1 is 1.19 bits per heavy atom. The number of nitrogens with zero attached hydrogens (tertiary/aromatic N) is 3. The summed E-state index contributed by atoms with van der Waals surface area (Å²) in [5.41, 5.74) is 7.61. The number of piperazine rings is 1. The molecule has 0 bridgehead atoms. The molecular weight excluding hydrogens is 342 g/mol. The molecule has 0 saturated carbocycles. The summed E-state index contributed by atoms with van der Waals surface area (Å²) >= 11 is 0. The first kappa shape index (κ1) is 18.0. The highest BCUT2D eigenvalue weighted by atomic mass is 16.2. The number of amides is 2. The Morgan fingerprint density at radius 3 is 2.81 bits per heavy atom. The molecule has 2 aromatic rings. The van der Waals surface area contributed by atoms with Crippen molar-refractivity contribution >= 4 is 22.7 Å². The van der Waals surface area contributed by atoms with Crippen LogP contribution in [0.3, 0.4) is 0 Å². The third-order valence-corrected chi connectivity index (χ3v) is 5.79. The van der Waals surface area contributed by atoms with E-state index in [1.54, 1.807) is 4.90 Å². The molecule has 27 heavy (non-hydrogen) atoms. The summed E-state index contributed by atoms with van der Waals surface area (Å²) in [6.07, 6.45) is 2.80. The van der Waals surface area contributed by atoms with Gasteiger partial charge in [0.2, 0.25) is 11.8 Å². The second-order valence-corrected chi connectivity index (χ2v) is 7.43. The summed E-state index contributed by atoms with van der Waals surface area (Å²) in [6.45, 7) is 6.51. The van der Waals surface area contributed by atoms with E-state index in [9.17, 15) is 9.59 Å². The topological polar surface area (TPSA) is 69.6 Å². The van der Waals surface area contributed by atoms with Crippen molar-refractivity contribution < 1.29 is 9.59 Å². The lowest BCUT2D eigenvalue weighted by Crippen LogP contribution is -2.60. The van der Waals surface area contributed by atoms with E-state index in [-0.39, 0.29) is 29.9 Å². The molecule has 0 radical (unpaired) electrons. The summed E-state index contributed by atoms with van der Waals surface area (Å²) < 4.78 is 2.22. The number of para-hydroxylation sites is 1. The number of benzene rings is 1. The highest BCUT2D eigenvalue weighted by Crippen LogP contribution is 2.19. The van der Waals surface area contributed by atoms with Gasteiger partial charge < -0.3 is 14.4 Å². The second kappa shape index (κ2) is 7.32. The molecule has 7 heteroatoms. The van der Waals surface area contributed by atoms with Crippen molar-refractivity contribution in [2.24, 2.45) is 0 Å². The predicted octanol–water partition coefficient (Wildman–Crippen LogP) is 0.956. The minimum absolute atomic E-state index is 0.0129. The van der Waals surface area contributed by atoms with Crippen molar-refractivity contribution in [1.29, 1.82) is 0 Å². The lowest BCUT2D eigenvalue weighted by Gasteiger charge is -2.39. The number of rotatable bonds is 4. The Morgan fingerprint density at radius 2 is 2.00 bits per heavy atom. The molecule has 2 fully saturated rings. The van der Waals surface area contributed by atoms with Gasteiger partial charge in [0, 0.05) is 43.9 Å². The molecule has 1 aromatic carbocycles. The molecule has 0 spiro atoms. The van der Waals surface area contributed by atoms with E-state index in [4.69, 9.17) is 0 Å². The van der Waals surface area contributed by atoms with E-state index >= 15 is 0 Å². The second-order valence-electron chi connectivity index (χ2n) is 7.43. The van der Waals surface area contributed by atoms with Gasteiger partial charge in [0.1, 0.15) is 12.1 Å². The van der Waals surface area contributed by atoms with Gasteiger partial charge in [0.15, 0.2) is 0 Å². The van der Waals surface area contributed by atoms with Gasteiger partial charge >= 0.3 is 0 Å². The molecule has 3 heterocycles. The van der Waals surface area contributed by atoms with Crippen LogP contribution >= 0.6 is 0 Å². The maximum Gasteiger partial charge on any atom is 0.245 e. The van der Waals surface area contributed by atoms with Gasteiger partial charge in [0.25, 0.3) is 0 Å². The van der Waals surface area contributed by atoms with Crippen molar-refractivity contribution in [3.05, 3.63) is 36.5 Å². The van der Waals surface area contributed by atoms with Gasteiger partial charge in [-0.15, -0.1) is 0 Å². The monoisotopic (exact) mass is 369 g/mol. The van der Waals surface area contributed by atoms with Crippen molar-refractivity contribution in [2.75, 3.05) is 19.6 Å². The minimum atomic E-state index is -0.388. The standard InChI is InChI=1S/C20H27N5O2/c1-3-23-10-11-25(14(2)19(23)26)20(27)17-12-16(21-22-17)13-24-9-8-15-6-4-5-7-18(15)24/h4-9,14,16-17,21-22H,3,10-13H2,1-2H3/t14-,16?,17?/m0/s1. The molecule has 144 valence electrons. The van der Waals surface area contributed by atoms with E-state index in [0.29, 0.717) is 26.1 Å². The van der Waals surface area contributed by atoms with Gasteiger partial charge in [-0.25, -0.2) is 5.43 Å². The summed E-state index contributed by atoms with van der Waals surface area (Å²) in [5, 5.41) is 1.22. The number of fused-ring (bicyclic) bond motifs is 1. The molecule has 2 aliphatic rings. The quantitative estimate of drug-likeness (QED) is 0.842. The molecule has 4 rings (SSSR count). The highest BCUT2D eigenvalue weighted by molar-refractivity contribution is 5.90. The fourth-order valence-electron chi connectivity index (χ4n) is 4.19. The maximum absolute atomic E-state index is 13.0. The van der Waals surface area contributed by atoms with Crippen LogP contribution < -0.4 is 10.9 Å². The van der Waals surface area contributed by atoms with E-state index in [2.05, 4.69) is 39.8 Å². The van der Waals surface area contributed by atoms with Crippen LogP contribution in [0.1, 0.15) is 20.3 Å². The van der Waals surface area contributed by atoms with Gasteiger partial charge in [-0.2, -0.15) is 0 Å². The fraction of sp³-hybridized carbons (Fsp3) is 0.500. The van der Waals surface area contributed by atoms with Crippen LogP contribution in [0.5, 0.6) is 0 Å². The zero-order valence-electron chi connectivity index (χ0n) is 15.9. The average molecular weight is 369 g/mol. The number of carbonyl (C=O) groups excluding carboxylic acids is 2. The van der Waals surface area contributed by atoms with Crippen molar-refractivity contribution in [2.45, 2.75) is 44.9 Å². The molecule has 1 aromatic heterocycles. The van der Waals surface area contributed by atoms with Crippen LogP contribution in [0.2, 0.25) is 0 Å². The number of hydrogen-bond acceptors (Lipinski definition) is 4. The molecule has 2 amide bonds. The third-order valence-electron chi connectivity index (χ3n) is 5.79. The maximum atomic E-state index is 13.0. The molecule has 2 saturated heterocycles. The predicted molar refractivity (Wildman–Crippen MR) is 104 cm³/mol. The van der Waals surface area contributed by atoms with Crippen molar-refractivity contribution in [3.63, 3.8) is 0 Å². The van der Waals surface area contributed by atoms with Crippen molar-refractivity contribution in [1.82, 2.24) is 25.2 Å². The van der Waals surface area contributed by atoms with Crippen LogP contribution in [-0.4, -0.2) is 63.9 Å². The van der Waals surface area contributed by atoms with E-state index in [1.165, 1.54) is 10.9 Å². The average Bonchev–Trinajstić information content (AvgIpc) is 3.31. The molecule has 3 atom stereocenters. The lowest BCUT2D eigenvalue weighted by atomic mass is 10.1. The molecule has 2 N–H and O–H groups in total. The molecule has 2 aliphatic heterocycles. The third kappa shape index (κ3) is 3.33. The number of aromatic nitrogens is 1. The number of likely N-dealkylation sites (N-methyl/N-ethyl adjacent to an activating group) is 1. The van der Waals surface area contributed by atoms with E-state index in [0.717, 1.165) is 6.54 Å². The molecular formula is C20H27N5O2. The van der Waals surface area contributed by atoms with Crippen LogP contribution in [-0.2, 0) is 16.1 Å². The van der Waals surface area contributed by atoms with E-state index < -0.39 is 0 Å². The van der Waals surface area contributed by atoms with Gasteiger partial charge in [-0.3, -0.25) is 15.0 Å². The molecule has 7 nitrogen and oxygen atoms in total. The summed E-state index contributed by atoms with van der Waals surface area (Å²) in [5.74, 6) is 0.0531. The van der Waals surface area contributed by atoms with Crippen molar-refractivity contribution in [3.8, 4) is 0 Å². The van der Waals surface area contributed by atoms with Gasteiger partial charge in [-0.1, -0.05) is 18.2 Å². The summed E-state index contributed by atoms with van der Waals surface area (Å²) in [6, 6.07) is 9.89. The SMILES string of the molecule is CCN1CCN(C(=O)C2CC(Cn3ccc4ccccc43)NN2)[C@@H](C)C1=O. The molecule has 0 aliphatic carbocycles. The van der Waals surface area contributed by atoms with Gasteiger partial charge in [-0.05, 0) is 37.8 Å². The number of carbonyl (C=O) groups is 2. The van der Waals surface area contributed by atoms with Crippen LogP contribution in [0.25, 0.3) is 10.9 Å². The Hall–Kier alpha value is -2.38. The van der Waals surface area contributed by atoms with Gasteiger partial charge in [0.05, 0.1) is 0 Å². The number of nitrogens with one attached hydrogen (secondary N) is 2. The Kier molecular flexibility index (Phi) is 4.88. The van der Waals surface area contributed by atoms with Crippen LogP contribution in [0, 0.1) is 0 Å². The Labute approximate surface area is 159 Å². The largest absolute Gasteiger partial charge is 0.346 e. The minimum Gasteiger partial charge on any atom is -0.346 e. The highest BCUT2D eigenvalue weighted by Gasteiger charge is 2.39. The Bertz CT molecular complexity index is 848. The molecule has 2 unspecified atom stereocenters. The first-order valence-electron chi connectivity index (χ1n) is 9.72. The smallest absolute Gasteiger partial charge is 0.245 e. The zero-order valence-corrected chi connectivity index (χ0v) is 15.9. The zero-order chi connectivity index (χ0) is 19.0. The summed E-state index contributed by atoms with van der Waals surface area (Å²) in [4.78, 5) is 28.9. The number of hydrazine groups is 1. The lowest BCUT2D eigenvalue weighted by molar-refractivity contribution is -0.151. The summed E-state index contributed by atoms with van der Waals surface area (Å²) in [7, 11) is 0. The fourth-order valence-corrected chi connectivity index (χ4v) is 4.19. The van der Waals surface area contributed by atoms with E-state index in [1.807, 2.05) is 30.9 Å². The first-order valence-corrected chi connectivity index (χ1v) is 9.72. The number of hydrogen-bond donors (Lipinski definition) is 2. The van der Waals surface area contributed by atoms with Crippen LogP contribution in [0.4, 0.5) is 0 Å². The van der Waals surface area contributed by atoms with Crippen LogP contribution in [0.15, 0.2) is 36.5 Å². The Balaban J connectivity index is 1.39.